The first-order valence-electron chi connectivity index (χ1n) is 12.1. The standard InChI is InChI=1S/C28H31Cl2N3O4S/c1-4-31-28(35)26(17-21-11-6-5-7-12-21)32(18-22-14-15-23(29)24(30)16-22)27(34)19-33(38(3,36)37)25-13-9-8-10-20(25)2/h5-16,26H,4,17-19H2,1-3H3,(H,31,35)/t26-/m1/s1. The number of likely N-dealkylation sites (N-methyl/N-ethyl adjacent to an activating group) is 1. The molecular weight excluding hydrogens is 545 g/mol. The van der Waals surface area contributed by atoms with Gasteiger partial charge in [-0.25, -0.2) is 8.42 Å². The van der Waals surface area contributed by atoms with Crippen molar-refractivity contribution in [1.82, 2.24) is 10.2 Å². The van der Waals surface area contributed by atoms with Gasteiger partial charge >= 0.3 is 0 Å². The molecule has 1 N–H and O–H groups in total. The molecule has 0 aliphatic carbocycles. The first kappa shape index (κ1) is 29.5. The Morgan fingerprint density at radius 3 is 2.18 bits per heavy atom. The quantitative estimate of drug-likeness (QED) is 0.354. The van der Waals surface area contributed by atoms with E-state index in [-0.39, 0.29) is 18.9 Å². The van der Waals surface area contributed by atoms with Crippen molar-refractivity contribution in [3.63, 3.8) is 0 Å². The zero-order valence-electron chi connectivity index (χ0n) is 21.5. The highest BCUT2D eigenvalue weighted by molar-refractivity contribution is 7.92. The van der Waals surface area contributed by atoms with E-state index in [4.69, 9.17) is 23.2 Å². The van der Waals surface area contributed by atoms with Crippen molar-refractivity contribution in [3.8, 4) is 0 Å². The second-order valence-electron chi connectivity index (χ2n) is 8.93. The molecule has 0 radical (unpaired) electrons. The number of anilines is 1. The lowest BCUT2D eigenvalue weighted by atomic mass is 10.0. The summed E-state index contributed by atoms with van der Waals surface area (Å²) in [7, 11) is -3.82. The monoisotopic (exact) mass is 575 g/mol. The second-order valence-corrected chi connectivity index (χ2v) is 11.6. The molecule has 0 heterocycles. The van der Waals surface area contributed by atoms with Crippen molar-refractivity contribution in [2.45, 2.75) is 32.9 Å². The van der Waals surface area contributed by atoms with E-state index in [0.29, 0.717) is 33.4 Å². The van der Waals surface area contributed by atoms with Gasteiger partial charge in [-0.1, -0.05) is 77.8 Å². The van der Waals surface area contributed by atoms with Crippen LogP contribution in [0.25, 0.3) is 0 Å². The SMILES string of the molecule is CCNC(=O)[C@@H](Cc1ccccc1)N(Cc1ccc(Cl)c(Cl)c1)C(=O)CN(c1ccccc1C)S(C)(=O)=O. The van der Waals surface area contributed by atoms with Crippen LogP contribution in [0.15, 0.2) is 72.8 Å². The number of halogens is 2. The number of sulfonamides is 1. The van der Waals surface area contributed by atoms with Gasteiger partial charge < -0.3 is 10.2 Å². The predicted molar refractivity (Wildman–Crippen MR) is 153 cm³/mol. The number of para-hydroxylation sites is 1. The third-order valence-corrected chi connectivity index (χ3v) is 7.89. The molecular formula is C28H31Cl2N3O4S. The van der Waals surface area contributed by atoms with E-state index in [9.17, 15) is 18.0 Å². The maximum absolute atomic E-state index is 14.0. The maximum Gasteiger partial charge on any atom is 0.244 e. The Morgan fingerprint density at radius 2 is 1.58 bits per heavy atom. The Kier molecular flexibility index (Phi) is 10.2. The summed E-state index contributed by atoms with van der Waals surface area (Å²) in [5.74, 6) is -0.872. The van der Waals surface area contributed by atoms with Gasteiger partial charge in [0, 0.05) is 19.5 Å². The van der Waals surface area contributed by atoms with Gasteiger partial charge in [-0.3, -0.25) is 13.9 Å². The van der Waals surface area contributed by atoms with Crippen LogP contribution in [0.4, 0.5) is 5.69 Å². The lowest BCUT2D eigenvalue weighted by Crippen LogP contribution is -2.53. The van der Waals surface area contributed by atoms with E-state index in [1.807, 2.05) is 30.3 Å². The molecule has 0 fully saturated rings. The third kappa shape index (κ3) is 7.72. The summed E-state index contributed by atoms with van der Waals surface area (Å²) in [6.07, 6.45) is 1.30. The minimum atomic E-state index is -3.82. The van der Waals surface area contributed by atoms with Crippen LogP contribution in [0.2, 0.25) is 10.0 Å². The Balaban J connectivity index is 2.07. The molecule has 3 rings (SSSR count). The number of nitrogens with one attached hydrogen (secondary N) is 1. The zero-order chi connectivity index (χ0) is 27.9. The van der Waals surface area contributed by atoms with Gasteiger partial charge in [0.25, 0.3) is 0 Å². The van der Waals surface area contributed by atoms with Crippen molar-refractivity contribution >= 4 is 50.7 Å². The Labute approximate surface area is 234 Å². The Hall–Kier alpha value is -3.07. The lowest BCUT2D eigenvalue weighted by molar-refractivity contribution is -0.140. The normalized spacial score (nSPS) is 12.0. The molecule has 10 heteroatoms. The van der Waals surface area contributed by atoms with Crippen molar-refractivity contribution in [2.75, 3.05) is 23.7 Å². The van der Waals surface area contributed by atoms with Crippen LogP contribution in [0, 0.1) is 6.92 Å². The van der Waals surface area contributed by atoms with E-state index in [0.717, 1.165) is 16.1 Å². The Bertz CT molecular complexity index is 1380. The van der Waals surface area contributed by atoms with Gasteiger partial charge in [-0.2, -0.15) is 0 Å². The van der Waals surface area contributed by atoms with Gasteiger partial charge in [-0.15, -0.1) is 0 Å². The third-order valence-electron chi connectivity index (χ3n) is 6.02. The minimum Gasteiger partial charge on any atom is -0.355 e. The second kappa shape index (κ2) is 13.1. The van der Waals surface area contributed by atoms with Gasteiger partial charge in [0.15, 0.2) is 0 Å². The number of benzene rings is 3. The summed E-state index contributed by atoms with van der Waals surface area (Å²) in [4.78, 5) is 28.7. The molecule has 0 aromatic heterocycles. The van der Waals surface area contributed by atoms with E-state index in [1.54, 1.807) is 56.3 Å². The van der Waals surface area contributed by atoms with Crippen LogP contribution in [0.5, 0.6) is 0 Å². The summed E-state index contributed by atoms with van der Waals surface area (Å²) in [6.45, 7) is 3.49. The number of nitrogens with zero attached hydrogens (tertiary/aromatic N) is 2. The average Bonchev–Trinajstić information content (AvgIpc) is 2.87. The molecule has 202 valence electrons. The summed E-state index contributed by atoms with van der Waals surface area (Å²) in [5.41, 5.74) is 2.60. The van der Waals surface area contributed by atoms with E-state index < -0.39 is 28.5 Å². The number of aryl methyl sites for hydroxylation is 1. The average molecular weight is 577 g/mol. The fourth-order valence-corrected chi connectivity index (χ4v) is 5.35. The van der Waals surface area contributed by atoms with E-state index in [1.165, 1.54) is 4.90 Å². The van der Waals surface area contributed by atoms with Crippen molar-refractivity contribution in [1.29, 1.82) is 0 Å². The van der Waals surface area contributed by atoms with Crippen LogP contribution >= 0.6 is 23.2 Å². The number of carbonyl (C=O) groups is 2. The smallest absolute Gasteiger partial charge is 0.244 e. The minimum absolute atomic E-state index is 0.0235. The summed E-state index contributed by atoms with van der Waals surface area (Å²) in [5, 5.41) is 3.49. The number of hydrogen-bond donors (Lipinski definition) is 1. The number of rotatable bonds is 11. The van der Waals surface area contributed by atoms with Crippen molar-refractivity contribution in [2.24, 2.45) is 0 Å². The molecule has 3 aromatic rings. The molecule has 2 amide bonds. The lowest BCUT2D eigenvalue weighted by Gasteiger charge is -2.33. The topological polar surface area (TPSA) is 86.8 Å². The van der Waals surface area contributed by atoms with E-state index >= 15 is 0 Å². The molecule has 0 saturated heterocycles. The van der Waals surface area contributed by atoms with Crippen molar-refractivity contribution in [3.05, 3.63) is 99.5 Å². The maximum atomic E-state index is 14.0. The molecule has 0 aliphatic heterocycles. The van der Waals surface area contributed by atoms with Gasteiger partial charge in [0.05, 0.1) is 22.0 Å². The summed E-state index contributed by atoms with van der Waals surface area (Å²) in [6, 6.07) is 20.4. The number of hydrogen-bond acceptors (Lipinski definition) is 4. The van der Waals surface area contributed by atoms with Crippen LogP contribution < -0.4 is 9.62 Å². The largest absolute Gasteiger partial charge is 0.355 e. The molecule has 38 heavy (non-hydrogen) atoms. The number of carbonyl (C=O) groups excluding carboxylic acids is 2. The van der Waals surface area contributed by atoms with Crippen molar-refractivity contribution < 1.29 is 18.0 Å². The van der Waals surface area contributed by atoms with E-state index in [2.05, 4.69) is 5.32 Å². The predicted octanol–water partition coefficient (Wildman–Crippen LogP) is 4.84. The van der Waals surface area contributed by atoms with Gasteiger partial charge in [0.1, 0.15) is 12.6 Å². The molecule has 0 saturated carbocycles. The van der Waals surface area contributed by atoms with Crippen LogP contribution in [0.3, 0.4) is 0 Å². The zero-order valence-corrected chi connectivity index (χ0v) is 23.9. The highest BCUT2D eigenvalue weighted by atomic mass is 35.5. The molecule has 7 nitrogen and oxygen atoms in total. The van der Waals surface area contributed by atoms with Crippen LogP contribution in [-0.2, 0) is 32.6 Å². The molecule has 0 bridgehead atoms. The Morgan fingerprint density at radius 1 is 0.921 bits per heavy atom. The first-order chi connectivity index (χ1) is 18.0. The molecule has 1 atom stereocenters. The fraction of sp³-hybridized carbons (Fsp3) is 0.286. The highest BCUT2D eigenvalue weighted by Gasteiger charge is 2.33. The number of amides is 2. The molecule has 3 aromatic carbocycles. The summed E-state index contributed by atoms with van der Waals surface area (Å²) < 4.78 is 26.7. The molecule has 0 unspecified atom stereocenters. The highest BCUT2D eigenvalue weighted by Crippen LogP contribution is 2.26. The van der Waals surface area contributed by atoms with Gasteiger partial charge in [-0.05, 0) is 48.7 Å². The van der Waals surface area contributed by atoms with Gasteiger partial charge in [0.2, 0.25) is 21.8 Å². The first-order valence-corrected chi connectivity index (χ1v) is 14.7. The van der Waals surface area contributed by atoms with Crippen LogP contribution in [0.1, 0.15) is 23.6 Å². The van der Waals surface area contributed by atoms with Crippen LogP contribution in [-0.4, -0.2) is 50.5 Å². The fourth-order valence-electron chi connectivity index (χ4n) is 4.12. The molecule has 0 aliphatic rings. The molecule has 0 spiro atoms. The summed E-state index contributed by atoms with van der Waals surface area (Å²) >= 11 is 12.3.